The predicted octanol–water partition coefficient (Wildman–Crippen LogP) is 2.09. The lowest BCUT2D eigenvalue weighted by Crippen LogP contribution is -2.38. The van der Waals surface area contributed by atoms with Crippen molar-refractivity contribution in [1.82, 2.24) is 5.32 Å². The maximum absolute atomic E-state index is 12.2. The zero-order chi connectivity index (χ0) is 14.7. The van der Waals surface area contributed by atoms with E-state index in [9.17, 15) is 9.90 Å². The van der Waals surface area contributed by atoms with E-state index in [1.165, 1.54) is 0 Å². The van der Waals surface area contributed by atoms with Gasteiger partial charge < -0.3 is 15.3 Å². The van der Waals surface area contributed by atoms with Gasteiger partial charge in [-0.15, -0.1) is 0 Å². The fourth-order valence-electron chi connectivity index (χ4n) is 2.79. The Morgan fingerprint density at radius 3 is 2.45 bits per heavy atom. The minimum absolute atomic E-state index is 0.0141. The largest absolute Gasteiger partial charge is 0.393 e. The van der Waals surface area contributed by atoms with E-state index in [4.69, 9.17) is 0 Å². The fourth-order valence-corrected chi connectivity index (χ4v) is 2.79. The second-order valence-corrected chi connectivity index (χ2v) is 5.87. The van der Waals surface area contributed by atoms with E-state index >= 15 is 0 Å². The topological polar surface area (TPSA) is 52.6 Å². The molecule has 0 saturated heterocycles. The van der Waals surface area contributed by atoms with Gasteiger partial charge in [0.25, 0.3) is 5.91 Å². The van der Waals surface area contributed by atoms with Gasteiger partial charge in [-0.1, -0.05) is 0 Å². The van der Waals surface area contributed by atoms with Crippen molar-refractivity contribution in [1.29, 1.82) is 0 Å². The highest BCUT2D eigenvalue weighted by molar-refractivity contribution is 5.95. The van der Waals surface area contributed by atoms with Crippen LogP contribution in [-0.4, -0.2) is 37.3 Å². The molecule has 0 spiro atoms. The van der Waals surface area contributed by atoms with E-state index in [-0.39, 0.29) is 18.1 Å². The Kier molecular flexibility index (Phi) is 4.65. The van der Waals surface area contributed by atoms with Crippen LogP contribution in [0.25, 0.3) is 0 Å². The predicted molar refractivity (Wildman–Crippen MR) is 81.2 cm³/mol. The summed E-state index contributed by atoms with van der Waals surface area (Å²) in [6.07, 6.45) is 3.10. The van der Waals surface area contributed by atoms with Crippen molar-refractivity contribution in [2.75, 3.05) is 19.0 Å². The number of carbonyl (C=O) groups excluding carboxylic acids is 1. The second-order valence-electron chi connectivity index (χ2n) is 5.87. The van der Waals surface area contributed by atoms with Gasteiger partial charge in [0.1, 0.15) is 0 Å². The molecule has 1 aliphatic carbocycles. The molecular formula is C16H24N2O2. The maximum atomic E-state index is 12.2. The van der Waals surface area contributed by atoms with Crippen LogP contribution < -0.4 is 10.2 Å². The molecule has 4 nitrogen and oxygen atoms in total. The van der Waals surface area contributed by atoms with Gasteiger partial charge >= 0.3 is 0 Å². The highest BCUT2D eigenvalue weighted by Gasteiger charge is 2.21. The number of nitrogens with one attached hydrogen (secondary N) is 1. The molecule has 0 aromatic heterocycles. The highest BCUT2D eigenvalue weighted by Crippen LogP contribution is 2.21. The number of aryl methyl sites for hydroxylation is 1. The summed E-state index contributed by atoms with van der Waals surface area (Å²) in [5.74, 6) is -0.0141. The summed E-state index contributed by atoms with van der Waals surface area (Å²) in [4.78, 5) is 14.3. The van der Waals surface area contributed by atoms with Crippen LogP contribution in [0.3, 0.4) is 0 Å². The Labute approximate surface area is 120 Å². The molecule has 2 rings (SSSR count). The van der Waals surface area contributed by atoms with Crippen LogP contribution in [-0.2, 0) is 0 Å². The number of anilines is 1. The quantitative estimate of drug-likeness (QED) is 0.889. The molecule has 1 fully saturated rings. The summed E-state index contributed by atoms with van der Waals surface area (Å²) in [7, 11) is 3.99. The van der Waals surface area contributed by atoms with Gasteiger partial charge in [-0.3, -0.25) is 4.79 Å². The van der Waals surface area contributed by atoms with Crippen molar-refractivity contribution < 1.29 is 9.90 Å². The number of hydrogen-bond donors (Lipinski definition) is 2. The van der Waals surface area contributed by atoms with Crippen molar-refractivity contribution in [2.24, 2.45) is 0 Å². The Morgan fingerprint density at radius 1 is 1.25 bits per heavy atom. The molecule has 110 valence electrons. The van der Waals surface area contributed by atoms with Crippen LogP contribution in [0.5, 0.6) is 0 Å². The third-order valence-corrected chi connectivity index (χ3v) is 3.97. The van der Waals surface area contributed by atoms with Gasteiger partial charge in [-0.05, 0) is 56.4 Å². The number of aliphatic hydroxyl groups is 1. The first-order chi connectivity index (χ1) is 9.47. The van der Waals surface area contributed by atoms with E-state index in [0.717, 1.165) is 36.9 Å². The number of rotatable bonds is 3. The summed E-state index contributed by atoms with van der Waals surface area (Å²) in [5, 5.41) is 12.5. The first-order valence-electron chi connectivity index (χ1n) is 7.24. The van der Waals surface area contributed by atoms with E-state index in [0.29, 0.717) is 5.56 Å². The molecule has 2 N–H and O–H groups in total. The summed E-state index contributed by atoms with van der Waals surface area (Å²) < 4.78 is 0. The van der Waals surface area contributed by atoms with Crippen LogP contribution in [0.4, 0.5) is 5.69 Å². The van der Waals surface area contributed by atoms with Gasteiger partial charge in [0.15, 0.2) is 0 Å². The van der Waals surface area contributed by atoms with Crippen molar-refractivity contribution in [3.63, 3.8) is 0 Å². The number of hydrogen-bond acceptors (Lipinski definition) is 3. The third-order valence-electron chi connectivity index (χ3n) is 3.97. The van der Waals surface area contributed by atoms with Crippen LogP contribution in [0.1, 0.15) is 41.6 Å². The summed E-state index contributed by atoms with van der Waals surface area (Å²) in [5.41, 5.74) is 2.93. The molecule has 0 aliphatic heterocycles. The summed E-state index contributed by atoms with van der Waals surface area (Å²) in [6.45, 7) is 2.02. The van der Waals surface area contributed by atoms with Crippen molar-refractivity contribution in [3.8, 4) is 0 Å². The lowest BCUT2D eigenvalue weighted by atomic mass is 9.93. The minimum atomic E-state index is -0.190. The van der Waals surface area contributed by atoms with Crippen molar-refractivity contribution in [2.45, 2.75) is 44.8 Å². The van der Waals surface area contributed by atoms with Crippen LogP contribution in [0.2, 0.25) is 0 Å². The van der Waals surface area contributed by atoms with Crippen LogP contribution >= 0.6 is 0 Å². The Bertz CT molecular complexity index is 477. The second kappa shape index (κ2) is 6.27. The number of benzene rings is 1. The standard InChI is InChI=1S/C16H24N2O2/c1-11-10-12(4-9-15(11)18(2)3)16(20)17-13-5-7-14(19)8-6-13/h4,9-10,13-14,19H,5-8H2,1-3H3,(H,17,20). The Morgan fingerprint density at radius 2 is 1.90 bits per heavy atom. The van der Waals surface area contributed by atoms with Gasteiger partial charge in [-0.25, -0.2) is 0 Å². The molecule has 1 aliphatic rings. The molecule has 0 bridgehead atoms. The molecule has 0 unspecified atom stereocenters. The van der Waals surface area contributed by atoms with Crippen molar-refractivity contribution in [3.05, 3.63) is 29.3 Å². The van der Waals surface area contributed by atoms with Gasteiger partial charge in [0, 0.05) is 31.4 Å². The van der Waals surface area contributed by atoms with Crippen LogP contribution in [0.15, 0.2) is 18.2 Å². The van der Waals surface area contributed by atoms with Gasteiger partial charge in [0.2, 0.25) is 0 Å². The molecule has 1 amide bonds. The SMILES string of the molecule is Cc1cc(C(=O)NC2CCC(O)CC2)ccc1N(C)C. The molecule has 0 radical (unpaired) electrons. The average molecular weight is 276 g/mol. The molecular weight excluding hydrogens is 252 g/mol. The number of carbonyl (C=O) groups is 1. The summed E-state index contributed by atoms with van der Waals surface area (Å²) in [6, 6.07) is 5.98. The van der Waals surface area contributed by atoms with Gasteiger partial charge in [-0.2, -0.15) is 0 Å². The van der Waals surface area contributed by atoms with E-state index < -0.39 is 0 Å². The van der Waals surface area contributed by atoms with Crippen molar-refractivity contribution >= 4 is 11.6 Å². The molecule has 0 heterocycles. The Hall–Kier alpha value is -1.55. The van der Waals surface area contributed by atoms with Crippen LogP contribution in [0, 0.1) is 6.92 Å². The minimum Gasteiger partial charge on any atom is -0.393 e. The van der Waals surface area contributed by atoms with Gasteiger partial charge in [0.05, 0.1) is 6.10 Å². The number of nitrogens with zero attached hydrogens (tertiary/aromatic N) is 1. The molecule has 0 atom stereocenters. The molecule has 4 heteroatoms. The highest BCUT2D eigenvalue weighted by atomic mass is 16.3. The lowest BCUT2D eigenvalue weighted by molar-refractivity contribution is 0.0867. The van der Waals surface area contributed by atoms with E-state index in [1.54, 1.807) is 0 Å². The molecule has 1 saturated carbocycles. The maximum Gasteiger partial charge on any atom is 0.251 e. The molecule has 1 aromatic carbocycles. The lowest BCUT2D eigenvalue weighted by Gasteiger charge is -2.26. The normalized spacial score (nSPS) is 22.4. The average Bonchev–Trinajstić information content (AvgIpc) is 2.40. The number of aliphatic hydroxyl groups excluding tert-OH is 1. The zero-order valence-corrected chi connectivity index (χ0v) is 12.5. The molecule has 1 aromatic rings. The monoisotopic (exact) mass is 276 g/mol. The Balaban J connectivity index is 2.01. The third kappa shape index (κ3) is 3.51. The zero-order valence-electron chi connectivity index (χ0n) is 12.5. The molecule has 20 heavy (non-hydrogen) atoms. The fraction of sp³-hybridized carbons (Fsp3) is 0.562. The smallest absolute Gasteiger partial charge is 0.251 e. The van der Waals surface area contributed by atoms with E-state index in [1.807, 2.05) is 44.1 Å². The van der Waals surface area contributed by atoms with E-state index in [2.05, 4.69) is 5.32 Å². The first-order valence-corrected chi connectivity index (χ1v) is 7.24. The first kappa shape index (κ1) is 14.9. The summed E-state index contributed by atoms with van der Waals surface area (Å²) >= 11 is 0. The number of amides is 1.